The number of carbonyl (C=O) groups is 1. The van der Waals surface area contributed by atoms with Gasteiger partial charge in [-0.15, -0.1) is 11.3 Å². The number of piperidine rings is 1. The third-order valence-electron chi connectivity index (χ3n) is 2.92. The average molecular weight is 239 g/mol. The molecule has 0 bridgehead atoms. The Morgan fingerprint density at radius 1 is 1.69 bits per heavy atom. The number of rotatable bonds is 3. The van der Waals surface area contributed by atoms with E-state index in [1.807, 2.05) is 10.3 Å². The molecule has 1 amide bonds. The largest absolute Gasteiger partial charge is 0.332 e. The van der Waals surface area contributed by atoms with Crippen molar-refractivity contribution in [3.05, 3.63) is 16.6 Å². The second-order valence-corrected chi connectivity index (χ2v) is 5.03. The molecule has 2 heterocycles. The molecule has 0 aliphatic carbocycles. The van der Waals surface area contributed by atoms with Crippen molar-refractivity contribution in [2.75, 3.05) is 6.54 Å². The molecule has 0 radical (unpaired) electrons. The summed E-state index contributed by atoms with van der Waals surface area (Å²) in [4.78, 5) is 18.1. The van der Waals surface area contributed by atoms with E-state index in [1.54, 1.807) is 17.5 Å². The fourth-order valence-electron chi connectivity index (χ4n) is 2.18. The van der Waals surface area contributed by atoms with Gasteiger partial charge < -0.3 is 10.6 Å². The minimum absolute atomic E-state index is 0.0128. The molecule has 2 N–H and O–H groups in total. The lowest BCUT2D eigenvalue weighted by atomic mass is 9.96. The van der Waals surface area contributed by atoms with Crippen LogP contribution < -0.4 is 5.73 Å². The smallest absolute Gasteiger partial charge is 0.223 e. The van der Waals surface area contributed by atoms with Gasteiger partial charge in [0, 0.05) is 30.6 Å². The van der Waals surface area contributed by atoms with Crippen LogP contribution in [0.15, 0.2) is 11.6 Å². The van der Waals surface area contributed by atoms with Gasteiger partial charge in [-0.1, -0.05) is 6.92 Å². The van der Waals surface area contributed by atoms with E-state index in [4.69, 9.17) is 5.73 Å². The predicted octanol–water partition coefficient (Wildman–Crippen LogP) is 1.54. The lowest BCUT2D eigenvalue weighted by Crippen LogP contribution is -2.49. The second kappa shape index (κ2) is 4.93. The van der Waals surface area contributed by atoms with Crippen molar-refractivity contribution in [1.29, 1.82) is 0 Å². The maximum Gasteiger partial charge on any atom is 0.223 e. The monoisotopic (exact) mass is 239 g/mol. The van der Waals surface area contributed by atoms with Gasteiger partial charge in [0.05, 0.1) is 6.04 Å². The number of nitrogens with zero attached hydrogens (tertiary/aromatic N) is 2. The molecular weight excluding hydrogens is 222 g/mol. The van der Waals surface area contributed by atoms with Crippen LogP contribution in [0.25, 0.3) is 0 Å². The van der Waals surface area contributed by atoms with E-state index in [1.165, 1.54) is 0 Å². The Morgan fingerprint density at radius 3 is 3.12 bits per heavy atom. The quantitative estimate of drug-likeness (QED) is 0.870. The summed E-state index contributed by atoms with van der Waals surface area (Å²) in [5.41, 5.74) is 6.13. The highest BCUT2D eigenvalue weighted by atomic mass is 32.1. The van der Waals surface area contributed by atoms with Gasteiger partial charge >= 0.3 is 0 Å². The summed E-state index contributed by atoms with van der Waals surface area (Å²) >= 11 is 1.58. The number of thiazole rings is 1. The predicted molar refractivity (Wildman–Crippen MR) is 64.1 cm³/mol. The summed E-state index contributed by atoms with van der Waals surface area (Å²) in [6.07, 6.45) is 4.07. The SMILES string of the molecule is CCCN1C(=O)CCC(N)C1c1nccs1. The van der Waals surface area contributed by atoms with Crippen LogP contribution in [0.5, 0.6) is 0 Å². The fourth-order valence-corrected chi connectivity index (χ4v) is 3.00. The Morgan fingerprint density at radius 2 is 2.50 bits per heavy atom. The summed E-state index contributed by atoms with van der Waals surface area (Å²) in [6, 6.07) is 0.0107. The summed E-state index contributed by atoms with van der Waals surface area (Å²) < 4.78 is 0. The number of hydrogen-bond acceptors (Lipinski definition) is 4. The maximum atomic E-state index is 11.9. The van der Waals surface area contributed by atoms with E-state index in [-0.39, 0.29) is 18.0 Å². The Balaban J connectivity index is 2.25. The van der Waals surface area contributed by atoms with Crippen LogP contribution >= 0.6 is 11.3 Å². The Kier molecular flexibility index (Phi) is 3.56. The lowest BCUT2D eigenvalue weighted by molar-refractivity contribution is -0.137. The van der Waals surface area contributed by atoms with Crippen molar-refractivity contribution in [3.8, 4) is 0 Å². The van der Waals surface area contributed by atoms with Crippen molar-refractivity contribution in [1.82, 2.24) is 9.88 Å². The van der Waals surface area contributed by atoms with E-state index in [0.29, 0.717) is 6.42 Å². The first-order valence-corrected chi connectivity index (χ1v) is 6.56. The Hall–Kier alpha value is -0.940. The molecule has 1 aromatic rings. The Labute approximate surface area is 99.5 Å². The number of aromatic nitrogens is 1. The van der Waals surface area contributed by atoms with Crippen molar-refractivity contribution >= 4 is 17.2 Å². The molecule has 2 rings (SSSR count). The molecule has 0 spiro atoms. The molecule has 5 heteroatoms. The molecular formula is C11H17N3OS. The Bertz CT molecular complexity index is 352. The van der Waals surface area contributed by atoms with Crippen LogP contribution in [-0.2, 0) is 4.79 Å². The van der Waals surface area contributed by atoms with E-state index in [0.717, 1.165) is 24.4 Å². The standard InChI is InChI=1S/C11H17N3OS/c1-2-6-14-9(15)4-3-8(12)10(14)11-13-5-7-16-11/h5,7-8,10H,2-4,6,12H2,1H3. The normalized spacial score (nSPS) is 26.1. The topological polar surface area (TPSA) is 59.2 Å². The van der Waals surface area contributed by atoms with Crippen molar-refractivity contribution < 1.29 is 4.79 Å². The average Bonchev–Trinajstić information content (AvgIpc) is 2.77. The summed E-state index contributed by atoms with van der Waals surface area (Å²) in [6.45, 7) is 2.85. The van der Waals surface area contributed by atoms with Crippen molar-refractivity contribution in [3.63, 3.8) is 0 Å². The zero-order chi connectivity index (χ0) is 11.5. The third-order valence-corrected chi connectivity index (χ3v) is 3.77. The maximum absolute atomic E-state index is 11.9. The first-order valence-electron chi connectivity index (χ1n) is 5.68. The summed E-state index contributed by atoms with van der Waals surface area (Å²) in [7, 11) is 0. The first-order chi connectivity index (χ1) is 7.74. The minimum atomic E-state index is -0.0128. The van der Waals surface area contributed by atoms with Gasteiger partial charge in [-0.05, 0) is 12.8 Å². The van der Waals surface area contributed by atoms with Crippen LogP contribution in [0.3, 0.4) is 0 Å². The van der Waals surface area contributed by atoms with Gasteiger partial charge in [0.25, 0.3) is 0 Å². The number of carbonyl (C=O) groups excluding carboxylic acids is 1. The minimum Gasteiger partial charge on any atom is -0.332 e. The van der Waals surface area contributed by atoms with Gasteiger partial charge in [-0.2, -0.15) is 0 Å². The van der Waals surface area contributed by atoms with E-state index >= 15 is 0 Å². The number of amides is 1. The van der Waals surface area contributed by atoms with Crippen LogP contribution in [0.2, 0.25) is 0 Å². The van der Waals surface area contributed by atoms with E-state index < -0.39 is 0 Å². The summed E-state index contributed by atoms with van der Waals surface area (Å²) in [5, 5.41) is 2.90. The highest BCUT2D eigenvalue weighted by Gasteiger charge is 2.35. The molecule has 1 aromatic heterocycles. The molecule has 4 nitrogen and oxygen atoms in total. The number of hydrogen-bond donors (Lipinski definition) is 1. The first kappa shape index (κ1) is 11.5. The van der Waals surface area contributed by atoms with Gasteiger partial charge in [0.15, 0.2) is 0 Å². The van der Waals surface area contributed by atoms with Gasteiger partial charge in [-0.3, -0.25) is 4.79 Å². The second-order valence-electron chi connectivity index (χ2n) is 4.10. The van der Waals surface area contributed by atoms with E-state index in [9.17, 15) is 4.79 Å². The zero-order valence-corrected chi connectivity index (χ0v) is 10.2. The molecule has 1 saturated heterocycles. The third kappa shape index (κ3) is 2.10. The van der Waals surface area contributed by atoms with Crippen LogP contribution in [0.4, 0.5) is 0 Å². The molecule has 16 heavy (non-hydrogen) atoms. The van der Waals surface area contributed by atoms with Gasteiger partial charge in [-0.25, -0.2) is 4.98 Å². The zero-order valence-electron chi connectivity index (χ0n) is 9.43. The van der Waals surface area contributed by atoms with Crippen LogP contribution in [0.1, 0.15) is 37.2 Å². The molecule has 2 unspecified atom stereocenters. The van der Waals surface area contributed by atoms with Crippen LogP contribution in [0, 0.1) is 0 Å². The number of likely N-dealkylation sites (tertiary alicyclic amines) is 1. The van der Waals surface area contributed by atoms with Crippen molar-refractivity contribution in [2.24, 2.45) is 5.73 Å². The molecule has 0 saturated carbocycles. The summed E-state index contributed by atoms with van der Waals surface area (Å²) in [5.74, 6) is 0.212. The van der Waals surface area contributed by atoms with Gasteiger partial charge in [0.1, 0.15) is 5.01 Å². The lowest BCUT2D eigenvalue weighted by Gasteiger charge is -2.38. The highest BCUT2D eigenvalue weighted by Crippen LogP contribution is 2.31. The molecule has 1 aliphatic heterocycles. The number of nitrogens with two attached hydrogens (primary N) is 1. The fraction of sp³-hybridized carbons (Fsp3) is 0.636. The molecule has 1 aliphatic rings. The van der Waals surface area contributed by atoms with Crippen molar-refractivity contribution in [2.45, 2.75) is 38.3 Å². The van der Waals surface area contributed by atoms with Crippen LogP contribution in [-0.4, -0.2) is 28.4 Å². The molecule has 1 fully saturated rings. The molecule has 2 atom stereocenters. The highest BCUT2D eigenvalue weighted by molar-refractivity contribution is 7.09. The van der Waals surface area contributed by atoms with Gasteiger partial charge in [0.2, 0.25) is 5.91 Å². The molecule has 88 valence electrons. The molecule has 0 aromatic carbocycles. The van der Waals surface area contributed by atoms with E-state index in [2.05, 4.69) is 11.9 Å².